The molecule has 3 unspecified atom stereocenters. The van der Waals surface area contributed by atoms with Crippen LogP contribution in [0.3, 0.4) is 0 Å². The Balaban J connectivity index is 2.30. The largest absolute Gasteiger partial charge is 0.462 e. The second kappa shape index (κ2) is 8.72. The van der Waals surface area contributed by atoms with Crippen molar-refractivity contribution >= 4 is 5.97 Å². The monoisotopic (exact) mass is 378 g/mol. The fraction of sp³-hybridized carbons (Fsp3) is 0.682. The standard InChI is InChI=1S/C22H34O5/c1-11(2)18(24)10-20(27-15(6)23)14(5)17-9-19(25)13(4)16-8-7-12(3)21(16)22(17)26/h7,14,16-22,24-26H,1,4,8-10H2,2-3,5-6H3/t14?,16-,17-,18?,19+,20?,21+,22+/m0/s1. The van der Waals surface area contributed by atoms with Crippen LogP contribution in [-0.2, 0) is 9.53 Å². The predicted octanol–water partition coefficient (Wildman–Crippen LogP) is 2.76. The van der Waals surface area contributed by atoms with Crippen molar-refractivity contribution in [3.63, 3.8) is 0 Å². The average molecular weight is 379 g/mol. The summed E-state index contributed by atoms with van der Waals surface area (Å²) in [6.45, 7) is 14.8. The van der Waals surface area contributed by atoms with E-state index in [-0.39, 0.29) is 30.1 Å². The van der Waals surface area contributed by atoms with E-state index in [4.69, 9.17) is 4.74 Å². The molecular weight excluding hydrogens is 344 g/mol. The Morgan fingerprint density at radius 2 is 2.00 bits per heavy atom. The lowest BCUT2D eigenvalue weighted by molar-refractivity contribution is -0.153. The number of hydrogen-bond acceptors (Lipinski definition) is 5. The van der Waals surface area contributed by atoms with E-state index in [1.807, 2.05) is 13.8 Å². The summed E-state index contributed by atoms with van der Waals surface area (Å²) in [6, 6.07) is 0. The molecule has 0 saturated heterocycles. The second-order valence-electron chi connectivity index (χ2n) is 8.40. The van der Waals surface area contributed by atoms with E-state index in [0.29, 0.717) is 12.0 Å². The van der Waals surface area contributed by atoms with Crippen LogP contribution in [0.4, 0.5) is 0 Å². The Morgan fingerprint density at radius 3 is 2.56 bits per heavy atom. The predicted molar refractivity (Wildman–Crippen MR) is 105 cm³/mol. The highest BCUT2D eigenvalue weighted by molar-refractivity contribution is 5.66. The molecule has 0 bridgehead atoms. The minimum Gasteiger partial charge on any atom is -0.462 e. The van der Waals surface area contributed by atoms with E-state index in [0.717, 1.165) is 17.6 Å². The van der Waals surface area contributed by atoms with Crippen molar-refractivity contribution in [1.29, 1.82) is 0 Å². The molecule has 8 atom stereocenters. The maximum atomic E-state index is 11.6. The van der Waals surface area contributed by atoms with Crippen LogP contribution < -0.4 is 0 Å². The Bertz CT molecular complexity index is 622. The number of rotatable bonds is 6. The molecular formula is C22H34O5. The summed E-state index contributed by atoms with van der Waals surface area (Å²) in [5, 5.41) is 32.1. The highest BCUT2D eigenvalue weighted by Crippen LogP contribution is 2.47. The quantitative estimate of drug-likeness (QED) is 0.489. The van der Waals surface area contributed by atoms with Crippen LogP contribution in [0.15, 0.2) is 36.0 Å². The molecule has 0 aromatic heterocycles. The minimum absolute atomic E-state index is 0.0420. The first-order valence-electron chi connectivity index (χ1n) is 9.76. The molecule has 0 heterocycles. The molecule has 0 spiro atoms. The molecule has 0 radical (unpaired) electrons. The van der Waals surface area contributed by atoms with Gasteiger partial charge in [-0.2, -0.15) is 0 Å². The summed E-state index contributed by atoms with van der Waals surface area (Å²) in [5.41, 5.74) is 2.49. The summed E-state index contributed by atoms with van der Waals surface area (Å²) >= 11 is 0. The first kappa shape index (κ1) is 21.9. The molecule has 0 aliphatic heterocycles. The van der Waals surface area contributed by atoms with Crippen molar-refractivity contribution in [2.75, 3.05) is 0 Å². The number of carbonyl (C=O) groups is 1. The van der Waals surface area contributed by atoms with Crippen molar-refractivity contribution in [1.82, 2.24) is 0 Å². The maximum absolute atomic E-state index is 11.6. The zero-order valence-electron chi connectivity index (χ0n) is 16.9. The number of fused-ring (bicyclic) bond motifs is 1. The van der Waals surface area contributed by atoms with Gasteiger partial charge in [-0.3, -0.25) is 4.79 Å². The molecule has 3 N–H and O–H groups in total. The molecule has 27 heavy (non-hydrogen) atoms. The Labute approximate surface area is 162 Å². The first-order chi connectivity index (χ1) is 12.5. The van der Waals surface area contributed by atoms with E-state index in [9.17, 15) is 20.1 Å². The van der Waals surface area contributed by atoms with E-state index < -0.39 is 30.4 Å². The smallest absolute Gasteiger partial charge is 0.302 e. The molecule has 0 aromatic carbocycles. The van der Waals surface area contributed by atoms with E-state index >= 15 is 0 Å². The number of allylic oxidation sites excluding steroid dienone is 1. The lowest BCUT2D eigenvalue weighted by Crippen LogP contribution is -2.41. The zero-order chi connectivity index (χ0) is 20.5. The van der Waals surface area contributed by atoms with Crippen molar-refractivity contribution in [3.05, 3.63) is 36.0 Å². The average Bonchev–Trinajstić information content (AvgIpc) is 2.93. The van der Waals surface area contributed by atoms with Gasteiger partial charge in [0, 0.05) is 19.3 Å². The van der Waals surface area contributed by atoms with E-state index in [2.05, 4.69) is 19.2 Å². The van der Waals surface area contributed by atoms with Gasteiger partial charge in [-0.15, -0.1) is 0 Å². The Hall–Kier alpha value is -1.43. The highest BCUT2D eigenvalue weighted by atomic mass is 16.5. The number of esters is 1. The molecule has 2 aliphatic rings. The third-order valence-corrected chi connectivity index (χ3v) is 6.46. The van der Waals surface area contributed by atoms with Gasteiger partial charge >= 0.3 is 5.97 Å². The van der Waals surface area contributed by atoms with E-state index in [1.54, 1.807) is 6.92 Å². The third kappa shape index (κ3) is 4.71. The minimum atomic E-state index is -0.791. The van der Waals surface area contributed by atoms with Crippen LogP contribution in [0.2, 0.25) is 0 Å². The molecule has 0 amide bonds. The van der Waals surface area contributed by atoms with Gasteiger partial charge in [0.25, 0.3) is 0 Å². The van der Waals surface area contributed by atoms with Gasteiger partial charge < -0.3 is 20.1 Å². The normalized spacial score (nSPS) is 34.1. The second-order valence-corrected chi connectivity index (χ2v) is 8.40. The number of aliphatic hydroxyl groups excluding tert-OH is 3. The van der Waals surface area contributed by atoms with Gasteiger partial charge in [0.1, 0.15) is 6.10 Å². The molecule has 5 nitrogen and oxygen atoms in total. The van der Waals surface area contributed by atoms with Gasteiger partial charge in [-0.1, -0.05) is 37.3 Å². The SMILES string of the molecule is C=C(C)C(O)CC(OC(C)=O)C(C)[C@@H]1C[C@@H](O)C(=C)[C@@H]2CC=C(C)[C@H]2[C@@H]1O. The number of ether oxygens (including phenoxy) is 1. The summed E-state index contributed by atoms with van der Waals surface area (Å²) in [6.07, 6.45) is 0.742. The summed E-state index contributed by atoms with van der Waals surface area (Å²) in [4.78, 5) is 11.6. The Morgan fingerprint density at radius 1 is 1.37 bits per heavy atom. The fourth-order valence-electron chi connectivity index (χ4n) is 4.67. The molecule has 0 aromatic rings. The van der Waals surface area contributed by atoms with Crippen LogP contribution in [0.5, 0.6) is 0 Å². The van der Waals surface area contributed by atoms with Gasteiger partial charge in [-0.05, 0) is 50.0 Å². The van der Waals surface area contributed by atoms with Gasteiger partial charge in [0.05, 0.1) is 18.3 Å². The van der Waals surface area contributed by atoms with Crippen molar-refractivity contribution in [2.24, 2.45) is 23.7 Å². The van der Waals surface area contributed by atoms with Crippen molar-refractivity contribution in [3.8, 4) is 0 Å². The summed E-state index contributed by atoms with van der Waals surface area (Å²) < 4.78 is 5.51. The van der Waals surface area contributed by atoms with Crippen LogP contribution in [-0.4, -0.2) is 45.7 Å². The summed E-state index contributed by atoms with van der Waals surface area (Å²) in [5.74, 6) is -0.988. The van der Waals surface area contributed by atoms with Crippen molar-refractivity contribution < 1.29 is 24.9 Å². The molecule has 1 saturated carbocycles. The van der Waals surface area contributed by atoms with Gasteiger partial charge in [0.15, 0.2) is 0 Å². The molecule has 2 rings (SSSR count). The summed E-state index contributed by atoms with van der Waals surface area (Å²) in [7, 11) is 0. The number of aliphatic hydroxyl groups is 3. The molecule has 1 fully saturated rings. The molecule has 152 valence electrons. The van der Waals surface area contributed by atoms with Gasteiger partial charge in [-0.25, -0.2) is 0 Å². The first-order valence-corrected chi connectivity index (χ1v) is 9.76. The van der Waals surface area contributed by atoms with Crippen molar-refractivity contribution in [2.45, 2.75) is 71.4 Å². The van der Waals surface area contributed by atoms with Crippen LogP contribution in [0.25, 0.3) is 0 Å². The lowest BCUT2D eigenvalue weighted by Gasteiger charge is -2.36. The number of carbonyl (C=O) groups excluding carboxylic acids is 1. The van der Waals surface area contributed by atoms with E-state index in [1.165, 1.54) is 6.92 Å². The molecule has 2 aliphatic carbocycles. The number of hydrogen-bond donors (Lipinski definition) is 3. The zero-order valence-corrected chi connectivity index (χ0v) is 16.9. The van der Waals surface area contributed by atoms with Crippen LogP contribution in [0, 0.1) is 23.7 Å². The third-order valence-electron chi connectivity index (χ3n) is 6.46. The topological polar surface area (TPSA) is 87.0 Å². The van der Waals surface area contributed by atoms with Crippen LogP contribution in [0.1, 0.15) is 47.0 Å². The maximum Gasteiger partial charge on any atom is 0.302 e. The molecule has 5 heteroatoms. The highest BCUT2D eigenvalue weighted by Gasteiger charge is 2.46. The fourth-order valence-corrected chi connectivity index (χ4v) is 4.67. The van der Waals surface area contributed by atoms with Crippen LogP contribution >= 0.6 is 0 Å². The Kier molecular flexibility index (Phi) is 7.06. The lowest BCUT2D eigenvalue weighted by atomic mass is 9.75. The van der Waals surface area contributed by atoms with Gasteiger partial charge in [0.2, 0.25) is 0 Å².